The van der Waals surface area contributed by atoms with Crippen LogP contribution < -0.4 is 26.7 Å². The molecule has 0 aliphatic heterocycles. The summed E-state index contributed by atoms with van der Waals surface area (Å²) < 4.78 is 30.4. The van der Waals surface area contributed by atoms with Crippen molar-refractivity contribution in [2.75, 3.05) is 27.2 Å². The monoisotopic (exact) mass is 1140 g/mol. The fourth-order valence-electron chi connectivity index (χ4n) is 8.79. The van der Waals surface area contributed by atoms with Crippen LogP contribution in [0.25, 0.3) is 67.2 Å². The molecule has 0 aliphatic rings. The topological polar surface area (TPSA) is 191 Å². The van der Waals surface area contributed by atoms with E-state index in [0.29, 0.717) is 91.7 Å². The average Bonchev–Trinajstić information content (AvgIpc) is 2.74. The van der Waals surface area contributed by atoms with E-state index in [1.54, 1.807) is 95.8 Å². The Bertz CT molecular complexity index is 3890. The van der Waals surface area contributed by atoms with Gasteiger partial charge in [0, 0.05) is 56.3 Å². The summed E-state index contributed by atoms with van der Waals surface area (Å²) in [6.07, 6.45) is 3.63. The molecule has 0 unspecified atom stereocenters. The third kappa shape index (κ3) is 14.8. The van der Waals surface area contributed by atoms with Crippen LogP contribution in [-0.2, 0) is 0 Å². The van der Waals surface area contributed by atoms with E-state index in [4.69, 9.17) is 21.6 Å². The van der Waals surface area contributed by atoms with Crippen molar-refractivity contribution in [3.63, 3.8) is 0 Å². The highest BCUT2D eigenvalue weighted by Gasteiger charge is 2.23. The molecule has 6 N–H and O–H groups in total. The van der Waals surface area contributed by atoms with Gasteiger partial charge in [0.1, 0.15) is 45.7 Å². The van der Waals surface area contributed by atoms with Crippen LogP contribution in [0.2, 0.25) is 5.02 Å². The Morgan fingerprint density at radius 2 is 0.904 bits per heavy atom. The van der Waals surface area contributed by atoms with Crippen LogP contribution in [0.4, 0.5) is 8.78 Å². The Kier molecular flexibility index (Phi) is 20.6. The first-order valence-corrected chi connectivity index (χ1v) is 26.8. The molecule has 0 spiro atoms. The Morgan fingerprint density at radius 3 is 1.33 bits per heavy atom. The number of benzene rings is 6. The van der Waals surface area contributed by atoms with E-state index in [1.165, 1.54) is 24.3 Å². The van der Waals surface area contributed by atoms with E-state index in [9.17, 15) is 28.0 Å². The molecular weight excluding hydrogens is 1070 g/mol. The number of rotatable bonds is 14. The lowest BCUT2D eigenvalue weighted by Crippen LogP contribution is -2.29. The number of carbonyl (C=O) groups is 4. The number of nitrogens with one attached hydrogen (secondary N) is 4. The van der Waals surface area contributed by atoms with Gasteiger partial charge in [-0.3, -0.25) is 28.0 Å². The van der Waals surface area contributed by atoms with Crippen molar-refractivity contribution in [1.82, 2.24) is 40.0 Å². The van der Waals surface area contributed by atoms with Gasteiger partial charge in [-0.05, 0) is 142 Å². The van der Waals surface area contributed by atoms with E-state index in [-0.39, 0.29) is 42.7 Å². The summed E-state index contributed by atoms with van der Waals surface area (Å²) in [4.78, 5) is 61.0. The lowest BCUT2D eigenvalue weighted by atomic mass is 9.81. The Morgan fingerprint density at radius 1 is 0.506 bits per heavy atom. The summed E-state index contributed by atoms with van der Waals surface area (Å²) in [5, 5.41) is 28.8. The number of carbonyl (C=O) groups excluding carboxylic acids is 4. The Balaban J connectivity index is 0.000000206. The zero-order chi connectivity index (χ0) is 58.6. The molecule has 0 aliphatic carbocycles. The first kappa shape index (κ1) is 61.3. The lowest BCUT2D eigenvalue weighted by molar-refractivity contribution is 0.0941. The van der Waals surface area contributed by atoms with Gasteiger partial charge in [-0.15, -0.1) is 0 Å². The minimum Gasteiger partial charge on any atom is -0.423 e. The lowest BCUT2D eigenvalue weighted by Gasteiger charge is -2.14. The maximum atomic E-state index is 13.6. The van der Waals surface area contributed by atoms with Gasteiger partial charge in [-0.25, -0.2) is 18.7 Å². The van der Waals surface area contributed by atoms with Gasteiger partial charge in [0.2, 0.25) is 0 Å². The molecule has 4 aromatic heterocycles. The minimum absolute atomic E-state index is 0. The van der Waals surface area contributed by atoms with E-state index in [2.05, 4.69) is 45.1 Å². The van der Waals surface area contributed by atoms with Gasteiger partial charge < -0.3 is 31.3 Å². The fraction of sp³-hybridized carbons (Fsp3) is 0.169. The summed E-state index contributed by atoms with van der Waals surface area (Å²) >= 11 is 6.30. The number of pyridine rings is 2. The molecule has 4 amide bonds. The van der Waals surface area contributed by atoms with Crippen LogP contribution in [0, 0.1) is 23.5 Å². The molecule has 0 radical (unpaired) electrons. The molecular formula is C65H64BClF2N8O6. The first-order chi connectivity index (χ1) is 39.4. The number of amides is 4. The molecule has 0 bridgehead atoms. The van der Waals surface area contributed by atoms with Crippen molar-refractivity contribution < 1.29 is 38.0 Å². The molecule has 0 saturated heterocycles. The predicted octanol–water partition coefficient (Wildman–Crippen LogP) is 11.4. The number of imidazole rings is 2. The number of hydrogen-bond donors (Lipinski definition) is 6. The maximum absolute atomic E-state index is 13.6. The SMILES string of the molecule is C.CNC(=O)c1c(-c2ccc(F)cc2)nc2ccc(-c3ccc(-c4ccccc4)c(C(=O)NCC(C)C)c3)cn12.CNC(=O)c1c(-c2ccc(F)cc2)nc2ccc(-c3ccc(Cl)c(C(=O)NCC(C)C)c3)cn12.OB(O)c1ccccc1. The smallest absolute Gasteiger partial charge is 0.423 e. The number of halogens is 3. The van der Waals surface area contributed by atoms with Gasteiger partial charge in [-0.2, -0.15) is 0 Å². The van der Waals surface area contributed by atoms with Crippen LogP contribution in [0.5, 0.6) is 0 Å². The van der Waals surface area contributed by atoms with Gasteiger partial charge >= 0.3 is 7.12 Å². The minimum atomic E-state index is -1.34. The highest BCUT2D eigenvalue weighted by atomic mass is 35.5. The zero-order valence-corrected chi connectivity index (χ0v) is 46.7. The van der Waals surface area contributed by atoms with Crippen LogP contribution in [-0.4, -0.2) is 86.7 Å². The van der Waals surface area contributed by atoms with Crippen molar-refractivity contribution in [3.8, 4) is 55.9 Å². The second-order valence-corrected chi connectivity index (χ2v) is 20.3. The van der Waals surface area contributed by atoms with Crippen molar-refractivity contribution >= 4 is 59.1 Å². The third-order valence-corrected chi connectivity index (χ3v) is 13.4. The second kappa shape index (κ2) is 27.9. The van der Waals surface area contributed by atoms with E-state index in [1.807, 2.05) is 98.9 Å². The predicted molar refractivity (Wildman–Crippen MR) is 327 cm³/mol. The Labute approximate surface area is 486 Å². The van der Waals surface area contributed by atoms with E-state index < -0.39 is 7.12 Å². The highest BCUT2D eigenvalue weighted by Crippen LogP contribution is 2.33. The van der Waals surface area contributed by atoms with Gasteiger partial charge in [0.25, 0.3) is 23.6 Å². The molecule has 18 heteroatoms. The van der Waals surface area contributed by atoms with E-state index in [0.717, 1.165) is 33.4 Å². The summed E-state index contributed by atoms with van der Waals surface area (Å²) in [7, 11) is 1.76. The van der Waals surface area contributed by atoms with Crippen LogP contribution in [0.3, 0.4) is 0 Å². The molecule has 83 heavy (non-hydrogen) atoms. The molecule has 0 saturated carbocycles. The molecule has 6 aromatic carbocycles. The van der Waals surface area contributed by atoms with Crippen molar-refractivity contribution in [1.29, 1.82) is 0 Å². The number of hydrogen-bond acceptors (Lipinski definition) is 8. The van der Waals surface area contributed by atoms with Crippen LogP contribution in [0.15, 0.2) is 182 Å². The summed E-state index contributed by atoms with van der Waals surface area (Å²) in [6.45, 7) is 9.26. The first-order valence-electron chi connectivity index (χ1n) is 26.4. The summed E-state index contributed by atoms with van der Waals surface area (Å²) in [5.41, 5.74) is 10.4. The highest BCUT2D eigenvalue weighted by molar-refractivity contribution is 6.58. The molecule has 424 valence electrons. The number of aromatic nitrogens is 4. The van der Waals surface area contributed by atoms with Gasteiger partial charge in [0.05, 0.1) is 10.6 Å². The summed E-state index contributed by atoms with van der Waals surface area (Å²) in [5.74, 6) is -1.12. The van der Waals surface area contributed by atoms with Gasteiger partial charge in [-0.1, -0.05) is 126 Å². The fourth-order valence-corrected chi connectivity index (χ4v) is 8.99. The Hall–Kier alpha value is -9.29. The normalized spacial score (nSPS) is 10.8. The average molecular weight is 1140 g/mol. The van der Waals surface area contributed by atoms with Crippen molar-refractivity contribution in [2.45, 2.75) is 35.1 Å². The quantitative estimate of drug-likeness (QED) is 0.0580. The number of nitrogens with zero attached hydrogens (tertiary/aromatic N) is 4. The third-order valence-electron chi connectivity index (χ3n) is 13.0. The molecule has 4 heterocycles. The largest absolute Gasteiger partial charge is 0.488 e. The summed E-state index contributed by atoms with van der Waals surface area (Å²) in [6, 6.07) is 48.7. The molecule has 10 rings (SSSR count). The molecule has 0 fully saturated rings. The molecule has 10 aromatic rings. The second-order valence-electron chi connectivity index (χ2n) is 19.9. The molecule has 0 atom stereocenters. The molecule has 14 nitrogen and oxygen atoms in total. The van der Waals surface area contributed by atoms with Crippen LogP contribution in [0.1, 0.15) is 76.8 Å². The zero-order valence-electron chi connectivity index (χ0n) is 45.9. The van der Waals surface area contributed by atoms with E-state index >= 15 is 0 Å². The van der Waals surface area contributed by atoms with Gasteiger partial charge in [0.15, 0.2) is 0 Å². The van der Waals surface area contributed by atoms with Crippen LogP contribution >= 0.6 is 11.6 Å². The van der Waals surface area contributed by atoms with Crippen molar-refractivity contribution in [2.24, 2.45) is 11.8 Å². The maximum Gasteiger partial charge on any atom is 0.488 e. The van der Waals surface area contributed by atoms with Crippen molar-refractivity contribution in [3.05, 3.63) is 221 Å². The number of fused-ring (bicyclic) bond motifs is 2. The standard InChI is InChI=1S/C32H29FN4O2.C26H24ClFN4O2.C6H7BO2.CH4/c1-20(2)18-35-31(38)27-17-23(11-15-26(27)21-7-5-4-6-8-21)24-12-16-28-36-29(22-9-13-25(33)14-10-22)30(32(39)34-3)37(28)19-24;1-15(2)13-30-25(33)20-12-17(6-10-21(20)27)18-7-11-22-31-23(16-4-8-19(28)9-5-16)24(26(34)29-3)32(22)14-18;8-7(9)6-4-2-1-3-5-6;/h4-17,19-20H,18H2,1-3H3,(H,34,39)(H,35,38);4-12,14-15H,13H2,1-3H3,(H,29,34)(H,30,33);1-5,8-9H;1H4.